The highest BCUT2D eigenvalue weighted by atomic mass is 16.2. The molecule has 5 heteroatoms. The van der Waals surface area contributed by atoms with Crippen LogP contribution < -0.4 is 5.32 Å². The fourth-order valence-electron chi connectivity index (χ4n) is 4.94. The molecular weight excluding hydrogens is 386 g/mol. The number of carbonyl (C=O) groups excluding carboxylic acids is 2. The van der Waals surface area contributed by atoms with Crippen LogP contribution in [0.2, 0.25) is 0 Å². The van der Waals surface area contributed by atoms with Crippen LogP contribution in [0.1, 0.15) is 54.9 Å². The molecule has 2 aliphatic rings. The van der Waals surface area contributed by atoms with Crippen LogP contribution in [0.4, 0.5) is 5.69 Å². The fourth-order valence-corrected chi connectivity index (χ4v) is 4.94. The summed E-state index contributed by atoms with van der Waals surface area (Å²) in [5, 5.41) is 3.05. The van der Waals surface area contributed by atoms with Crippen molar-refractivity contribution in [1.82, 2.24) is 4.90 Å². The maximum Gasteiger partial charge on any atom is 0.275 e. The molecule has 0 radical (unpaired) electrons. The van der Waals surface area contributed by atoms with Gasteiger partial charge in [-0.2, -0.15) is 0 Å². The summed E-state index contributed by atoms with van der Waals surface area (Å²) < 4.78 is 0. The molecule has 1 aliphatic carbocycles. The minimum Gasteiger partial charge on any atom is -0.324 e. The third-order valence-electron chi connectivity index (χ3n) is 6.64. The van der Waals surface area contributed by atoms with E-state index in [1.54, 1.807) is 4.90 Å². The molecular formula is C26H31N3O2. The molecule has 1 N–H and O–H groups in total. The van der Waals surface area contributed by atoms with Crippen molar-refractivity contribution >= 4 is 23.2 Å². The van der Waals surface area contributed by atoms with E-state index in [2.05, 4.69) is 24.4 Å². The second-order valence-electron chi connectivity index (χ2n) is 9.20. The minimum absolute atomic E-state index is 0.0137. The number of nitrogens with one attached hydrogen (secondary N) is 1. The molecule has 31 heavy (non-hydrogen) atoms. The molecule has 1 aliphatic heterocycles. The Hall–Kier alpha value is -2.95. The molecule has 4 rings (SSSR count). The highest BCUT2D eigenvalue weighted by Crippen LogP contribution is 2.41. The predicted molar refractivity (Wildman–Crippen MR) is 124 cm³/mol. The lowest BCUT2D eigenvalue weighted by molar-refractivity contribution is -0.134. The van der Waals surface area contributed by atoms with Crippen molar-refractivity contribution in [2.75, 3.05) is 11.9 Å². The van der Waals surface area contributed by atoms with Crippen molar-refractivity contribution in [3.63, 3.8) is 0 Å². The Kier molecular flexibility index (Phi) is 5.69. The maximum absolute atomic E-state index is 13.4. The van der Waals surface area contributed by atoms with E-state index in [0.717, 1.165) is 48.1 Å². The van der Waals surface area contributed by atoms with E-state index in [0.29, 0.717) is 11.6 Å². The van der Waals surface area contributed by atoms with Gasteiger partial charge in [0.2, 0.25) is 5.91 Å². The largest absolute Gasteiger partial charge is 0.324 e. The average Bonchev–Trinajstić information content (AvgIpc) is 3.00. The van der Waals surface area contributed by atoms with Crippen LogP contribution in [0.3, 0.4) is 0 Å². The Morgan fingerprint density at radius 1 is 1.10 bits per heavy atom. The smallest absolute Gasteiger partial charge is 0.275 e. The van der Waals surface area contributed by atoms with Crippen LogP contribution in [-0.2, 0) is 9.59 Å². The van der Waals surface area contributed by atoms with Gasteiger partial charge in [-0.3, -0.25) is 14.6 Å². The first-order chi connectivity index (χ1) is 14.8. The third-order valence-corrected chi connectivity index (χ3v) is 6.64. The number of hydrogen-bond acceptors (Lipinski definition) is 3. The number of benzene rings is 2. The molecule has 0 aromatic heterocycles. The van der Waals surface area contributed by atoms with Gasteiger partial charge in [0.1, 0.15) is 17.9 Å². The van der Waals surface area contributed by atoms with Gasteiger partial charge in [0, 0.05) is 11.3 Å². The van der Waals surface area contributed by atoms with E-state index in [4.69, 9.17) is 4.99 Å². The van der Waals surface area contributed by atoms with Gasteiger partial charge in [0.05, 0.1) is 0 Å². The van der Waals surface area contributed by atoms with E-state index in [1.807, 2.05) is 51.1 Å². The first-order valence-corrected chi connectivity index (χ1v) is 11.1. The standard InChI is InChI=1S/C26H31N3O2/c1-17-10-12-26(13-11-17)28-24(21-8-6-5-7-9-21)25(31)29(26)16-22(30)27-23-19(3)14-18(2)15-20(23)4/h5-9,14-15,17H,10-13,16H2,1-4H3,(H,27,30). The SMILES string of the molecule is Cc1cc(C)c(NC(=O)CN2C(=O)C(c3ccccc3)=NC23CCC(C)CC3)c(C)c1. The van der Waals surface area contributed by atoms with Crippen molar-refractivity contribution in [3.05, 3.63) is 64.7 Å². The number of anilines is 1. The monoisotopic (exact) mass is 417 g/mol. The molecule has 1 heterocycles. The van der Waals surface area contributed by atoms with Gasteiger partial charge in [-0.25, -0.2) is 0 Å². The van der Waals surface area contributed by atoms with E-state index in [-0.39, 0.29) is 18.4 Å². The van der Waals surface area contributed by atoms with Crippen LogP contribution in [0, 0.1) is 26.7 Å². The number of amides is 2. The van der Waals surface area contributed by atoms with Crippen LogP contribution >= 0.6 is 0 Å². The molecule has 0 saturated heterocycles. The Balaban J connectivity index is 1.60. The zero-order chi connectivity index (χ0) is 22.2. The molecule has 0 unspecified atom stereocenters. The number of rotatable bonds is 4. The second-order valence-corrected chi connectivity index (χ2v) is 9.20. The molecule has 5 nitrogen and oxygen atoms in total. The zero-order valence-electron chi connectivity index (χ0n) is 18.9. The van der Waals surface area contributed by atoms with E-state index >= 15 is 0 Å². The van der Waals surface area contributed by atoms with Gasteiger partial charge in [0.15, 0.2) is 0 Å². The number of aliphatic imine (C=N–C) groups is 1. The first kappa shape index (κ1) is 21.3. The van der Waals surface area contributed by atoms with Crippen LogP contribution in [0.15, 0.2) is 47.5 Å². The molecule has 2 aromatic rings. The van der Waals surface area contributed by atoms with Crippen molar-refractivity contribution in [2.45, 2.75) is 59.0 Å². The highest BCUT2D eigenvalue weighted by molar-refractivity contribution is 6.47. The Morgan fingerprint density at radius 2 is 1.71 bits per heavy atom. The minimum atomic E-state index is -0.608. The maximum atomic E-state index is 13.4. The molecule has 0 atom stereocenters. The Bertz CT molecular complexity index is 1010. The summed E-state index contributed by atoms with van der Waals surface area (Å²) in [6.07, 6.45) is 3.61. The van der Waals surface area contributed by atoms with Crippen molar-refractivity contribution in [1.29, 1.82) is 0 Å². The summed E-state index contributed by atoms with van der Waals surface area (Å²) >= 11 is 0. The van der Waals surface area contributed by atoms with E-state index < -0.39 is 5.66 Å². The summed E-state index contributed by atoms with van der Waals surface area (Å²) in [5.41, 5.74) is 4.74. The third kappa shape index (κ3) is 4.14. The summed E-state index contributed by atoms with van der Waals surface area (Å²) in [5.74, 6) is 0.296. The molecule has 162 valence electrons. The lowest BCUT2D eigenvalue weighted by Crippen LogP contribution is -2.51. The van der Waals surface area contributed by atoms with Gasteiger partial charge in [-0.15, -0.1) is 0 Å². The number of hydrogen-bond donors (Lipinski definition) is 1. The summed E-state index contributed by atoms with van der Waals surface area (Å²) in [6.45, 7) is 8.30. The molecule has 1 saturated carbocycles. The fraction of sp³-hybridized carbons (Fsp3) is 0.423. The quantitative estimate of drug-likeness (QED) is 0.778. The first-order valence-electron chi connectivity index (χ1n) is 11.1. The number of carbonyl (C=O) groups is 2. The topological polar surface area (TPSA) is 61.8 Å². The lowest BCUT2D eigenvalue weighted by Gasteiger charge is -2.40. The van der Waals surface area contributed by atoms with E-state index in [9.17, 15) is 9.59 Å². The van der Waals surface area contributed by atoms with E-state index in [1.165, 1.54) is 5.56 Å². The van der Waals surface area contributed by atoms with Gasteiger partial charge in [0.25, 0.3) is 5.91 Å². The van der Waals surface area contributed by atoms with Crippen molar-refractivity contribution < 1.29 is 9.59 Å². The Labute approximate surface area is 184 Å². The lowest BCUT2D eigenvalue weighted by atomic mass is 9.82. The van der Waals surface area contributed by atoms with Crippen LogP contribution in [0.5, 0.6) is 0 Å². The molecule has 1 fully saturated rings. The molecule has 0 bridgehead atoms. The van der Waals surface area contributed by atoms with Gasteiger partial charge in [-0.1, -0.05) is 55.0 Å². The predicted octanol–water partition coefficient (Wildman–Crippen LogP) is 4.79. The summed E-state index contributed by atoms with van der Waals surface area (Å²) in [4.78, 5) is 33.2. The van der Waals surface area contributed by atoms with Gasteiger partial charge in [-0.05, 0) is 63.5 Å². The van der Waals surface area contributed by atoms with Crippen LogP contribution in [0.25, 0.3) is 0 Å². The van der Waals surface area contributed by atoms with Gasteiger partial charge >= 0.3 is 0 Å². The average molecular weight is 418 g/mol. The molecule has 2 aromatic carbocycles. The zero-order valence-corrected chi connectivity index (χ0v) is 18.9. The van der Waals surface area contributed by atoms with Gasteiger partial charge < -0.3 is 10.2 Å². The molecule has 1 spiro atoms. The number of nitrogens with zero attached hydrogens (tertiary/aromatic N) is 2. The summed E-state index contributed by atoms with van der Waals surface area (Å²) in [6, 6.07) is 13.7. The van der Waals surface area contributed by atoms with Crippen molar-refractivity contribution in [2.24, 2.45) is 10.9 Å². The Morgan fingerprint density at radius 3 is 2.32 bits per heavy atom. The highest BCUT2D eigenvalue weighted by Gasteiger charge is 2.49. The number of aryl methyl sites for hydroxylation is 3. The summed E-state index contributed by atoms with van der Waals surface area (Å²) in [7, 11) is 0. The molecule has 2 amide bonds. The second kappa shape index (κ2) is 8.29. The van der Waals surface area contributed by atoms with Crippen LogP contribution in [-0.4, -0.2) is 34.6 Å². The van der Waals surface area contributed by atoms with Crippen molar-refractivity contribution in [3.8, 4) is 0 Å². The normalized spacial score (nSPS) is 23.2.